The third-order valence-electron chi connectivity index (χ3n) is 4.21. The molecule has 0 radical (unpaired) electrons. The fraction of sp³-hybridized carbons (Fsp3) is 0.312. The van der Waals surface area contributed by atoms with Gasteiger partial charge in [-0.3, -0.25) is 4.79 Å². The molecule has 1 aliphatic heterocycles. The maximum atomic E-state index is 12.9. The van der Waals surface area contributed by atoms with Crippen molar-refractivity contribution in [3.8, 4) is 11.4 Å². The molecule has 0 bridgehead atoms. The van der Waals surface area contributed by atoms with E-state index in [2.05, 4.69) is 10.1 Å². The minimum absolute atomic E-state index is 0.214. The number of carbonyl (C=O) groups is 1. The van der Waals surface area contributed by atoms with Crippen LogP contribution < -0.4 is 0 Å². The van der Waals surface area contributed by atoms with Crippen LogP contribution in [-0.4, -0.2) is 59.8 Å². The van der Waals surface area contributed by atoms with Crippen LogP contribution in [0.2, 0.25) is 0 Å². The Morgan fingerprint density at radius 3 is 2.67 bits per heavy atom. The molecule has 1 saturated heterocycles. The van der Waals surface area contributed by atoms with Gasteiger partial charge in [-0.25, -0.2) is 8.42 Å². The number of rotatable bonds is 4. The van der Waals surface area contributed by atoms with Crippen molar-refractivity contribution in [1.29, 1.82) is 0 Å². The zero-order valence-electron chi connectivity index (χ0n) is 14.4. The number of furan rings is 1. The summed E-state index contributed by atoms with van der Waals surface area (Å²) in [6.45, 7) is 2.73. The Morgan fingerprint density at radius 2 is 2.04 bits per heavy atom. The minimum atomic E-state index is -3.64. The standard InChI is InChI=1S/C16H16N4O5S2/c1-11-17-15(18-25-11)12-9-14(26-10-12)27(22,23)20-6-4-19(5-7-20)16(21)13-3-2-8-24-13/h2-3,8-10H,4-7H2,1H3. The smallest absolute Gasteiger partial charge is 0.289 e. The maximum absolute atomic E-state index is 12.9. The lowest BCUT2D eigenvalue weighted by Gasteiger charge is -2.33. The SMILES string of the molecule is Cc1nc(-c2csc(S(=O)(=O)N3CCN(C(=O)c4ccco4)CC3)c2)no1. The predicted molar refractivity (Wildman–Crippen MR) is 95.7 cm³/mol. The highest BCUT2D eigenvalue weighted by molar-refractivity contribution is 7.91. The van der Waals surface area contributed by atoms with E-state index >= 15 is 0 Å². The van der Waals surface area contributed by atoms with Crippen LogP contribution in [0.3, 0.4) is 0 Å². The summed E-state index contributed by atoms with van der Waals surface area (Å²) in [4.78, 5) is 18.0. The zero-order valence-corrected chi connectivity index (χ0v) is 16.0. The molecule has 27 heavy (non-hydrogen) atoms. The first kappa shape index (κ1) is 17.9. The van der Waals surface area contributed by atoms with Gasteiger partial charge >= 0.3 is 0 Å². The molecule has 4 heterocycles. The first-order valence-electron chi connectivity index (χ1n) is 8.17. The Balaban J connectivity index is 1.46. The molecule has 0 atom stereocenters. The maximum Gasteiger partial charge on any atom is 0.289 e. The van der Waals surface area contributed by atoms with Crippen LogP contribution in [0.25, 0.3) is 11.4 Å². The lowest BCUT2D eigenvalue weighted by Crippen LogP contribution is -2.50. The largest absolute Gasteiger partial charge is 0.459 e. The minimum Gasteiger partial charge on any atom is -0.459 e. The number of hydrogen-bond donors (Lipinski definition) is 0. The number of thiophene rings is 1. The lowest BCUT2D eigenvalue weighted by atomic mass is 10.3. The van der Waals surface area contributed by atoms with E-state index in [-0.39, 0.29) is 29.0 Å². The number of hydrogen-bond acceptors (Lipinski definition) is 8. The quantitative estimate of drug-likeness (QED) is 0.648. The normalized spacial score (nSPS) is 16.0. The highest BCUT2D eigenvalue weighted by Crippen LogP contribution is 2.29. The molecule has 0 unspecified atom stereocenters. The molecule has 3 aromatic heterocycles. The third-order valence-corrected chi connectivity index (χ3v) is 7.53. The molecule has 9 nitrogen and oxygen atoms in total. The van der Waals surface area contributed by atoms with E-state index in [0.717, 1.165) is 11.3 Å². The monoisotopic (exact) mass is 408 g/mol. The molecular formula is C16H16N4O5S2. The first-order chi connectivity index (χ1) is 12.9. The van der Waals surface area contributed by atoms with Crippen LogP contribution in [-0.2, 0) is 10.0 Å². The summed E-state index contributed by atoms with van der Waals surface area (Å²) in [6.07, 6.45) is 1.44. The van der Waals surface area contributed by atoms with E-state index in [9.17, 15) is 13.2 Å². The topological polar surface area (TPSA) is 110 Å². The predicted octanol–water partition coefficient (Wildman–Crippen LogP) is 1.85. The number of aromatic nitrogens is 2. The molecule has 142 valence electrons. The van der Waals surface area contributed by atoms with Gasteiger partial charge in [0.25, 0.3) is 15.9 Å². The molecule has 4 rings (SSSR count). The summed E-state index contributed by atoms with van der Waals surface area (Å²) in [6, 6.07) is 4.79. The Bertz CT molecular complexity index is 1050. The van der Waals surface area contributed by atoms with Gasteiger partial charge in [0, 0.05) is 44.0 Å². The summed E-state index contributed by atoms with van der Waals surface area (Å²) >= 11 is 1.11. The lowest BCUT2D eigenvalue weighted by molar-refractivity contribution is 0.0666. The van der Waals surface area contributed by atoms with Gasteiger partial charge < -0.3 is 13.8 Å². The first-order valence-corrected chi connectivity index (χ1v) is 10.5. The van der Waals surface area contributed by atoms with Crippen molar-refractivity contribution in [3.63, 3.8) is 0 Å². The van der Waals surface area contributed by atoms with E-state index in [1.54, 1.807) is 35.4 Å². The van der Waals surface area contributed by atoms with Crippen LogP contribution in [0.15, 0.2) is 43.0 Å². The molecule has 11 heteroatoms. The van der Waals surface area contributed by atoms with Crippen LogP contribution in [0, 0.1) is 6.92 Å². The summed E-state index contributed by atoms with van der Waals surface area (Å²) in [5.74, 6) is 0.796. The molecule has 0 aliphatic carbocycles. The van der Waals surface area contributed by atoms with Crippen LogP contribution in [0.5, 0.6) is 0 Å². The highest BCUT2D eigenvalue weighted by Gasteiger charge is 2.32. The van der Waals surface area contributed by atoms with Gasteiger partial charge in [-0.1, -0.05) is 5.16 Å². The number of piperazine rings is 1. The van der Waals surface area contributed by atoms with Crippen LogP contribution in [0.1, 0.15) is 16.4 Å². The van der Waals surface area contributed by atoms with Crippen molar-refractivity contribution in [3.05, 3.63) is 41.5 Å². The number of aryl methyl sites for hydroxylation is 1. The second-order valence-corrected chi connectivity index (χ2v) is 9.04. The van der Waals surface area contributed by atoms with Gasteiger partial charge in [0.05, 0.1) is 6.26 Å². The van der Waals surface area contributed by atoms with Crippen molar-refractivity contribution in [2.45, 2.75) is 11.1 Å². The zero-order chi connectivity index (χ0) is 19.0. The molecule has 1 fully saturated rings. The molecule has 0 N–H and O–H groups in total. The van der Waals surface area contributed by atoms with Crippen LogP contribution in [0.4, 0.5) is 0 Å². The van der Waals surface area contributed by atoms with E-state index < -0.39 is 10.0 Å². The summed E-state index contributed by atoms with van der Waals surface area (Å²) in [7, 11) is -3.64. The Kier molecular flexibility index (Phi) is 4.58. The molecule has 0 spiro atoms. The van der Waals surface area contributed by atoms with Crippen molar-refractivity contribution in [2.24, 2.45) is 0 Å². The third kappa shape index (κ3) is 3.40. The van der Waals surface area contributed by atoms with Gasteiger partial charge in [0.15, 0.2) is 5.76 Å². The second kappa shape index (κ2) is 6.91. The molecule has 0 saturated carbocycles. The van der Waals surface area contributed by atoms with Crippen LogP contribution >= 0.6 is 11.3 Å². The molecular weight excluding hydrogens is 392 g/mol. The number of carbonyl (C=O) groups excluding carboxylic acids is 1. The van der Waals surface area contributed by atoms with Gasteiger partial charge in [-0.15, -0.1) is 11.3 Å². The van der Waals surface area contributed by atoms with Gasteiger partial charge in [0.1, 0.15) is 4.21 Å². The van der Waals surface area contributed by atoms with E-state index in [1.807, 2.05) is 0 Å². The van der Waals surface area contributed by atoms with Crippen molar-refractivity contribution < 1.29 is 22.2 Å². The Labute approximate surface area is 159 Å². The van der Waals surface area contributed by atoms with Crippen molar-refractivity contribution in [2.75, 3.05) is 26.2 Å². The fourth-order valence-corrected chi connectivity index (χ4v) is 5.53. The number of amides is 1. The van der Waals surface area contributed by atoms with E-state index in [1.165, 1.54) is 10.6 Å². The van der Waals surface area contributed by atoms with Crippen molar-refractivity contribution in [1.82, 2.24) is 19.3 Å². The fourth-order valence-electron chi connectivity index (χ4n) is 2.80. The van der Waals surface area contributed by atoms with Gasteiger partial charge in [-0.2, -0.15) is 9.29 Å². The average Bonchev–Trinajstić information content (AvgIpc) is 3.42. The average molecular weight is 408 g/mol. The van der Waals surface area contributed by atoms with Crippen molar-refractivity contribution >= 4 is 27.3 Å². The van der Waals surface area contributed by atoms with E-state index in [0.29, 0.717) is 30.4 Å². The molecule has 1 aliphatic rings. The van der Waals surface area contributed by atoms with Gasteiger partial charge in [-0.05, 0) is 18.2 Å². The Hall–Kier alpha value is -2.50. The summed E-state index contributed by atoms with van der Waals surface area (Å²) < 4.78 is 37.4. The number of nitrogens with zero attached hydrogens (tertiary/aromatic N) is 4. The summed E-state index contributed by atoms with van der Waals surface area (Å²) in [5, 5.41) is 5.50. The molecule has 0 aromatic carbocycles. The molecule has 1 amide bonds. The van der Waals surface area contributed by atoms with Gasteiger partial charge in [0.2, 0.25) is 11.7 Å². The van der Waals surface area contributed by atoms with E-state index in [4.69, 9.17) is 8.94 Å². The number of sulfonamides is 1. The summed E-state index contributed by atoms with van der Waals surface area (Å²) in [5.41, 5.74) is 0.599. The second-order valence-electron chi connectivity index (χ2n) is 5.97. The molecule has 3 aromatic rings. The Morgan fingerprint density at radius 1 is 1.26 bits per heavy atom. The highest BCUT2D eigenvalue weighted by atomic mass is 32.2.